The van der Waals surface area contributed by atoms with Crippen molar-refractivity contribution in [1.82, 2.24) is 9.97 Å². The number of rotatable bonds is 43. The molecule has 0 atom stereocenters. The van der Waals surface area contributed by atoms with Gasteiger partial charge in [0.05, 0.1) is 83.0 Å². The summed E-state index contributed by atoms with van der Waals surface area (Å²) < 4.78 is 50.0. The number of unbranched alkanes of at least 4 members (excludes halogenated alkanes) is 12. The first-order chi connectivity index (χ1) is 56.8. The molecule has 0 spiro atoms. The highest BCUT2D eigenvalue weighted by Gasteiger charge is 2.35. The minimum Gasteiger partial charge on any atom is -0.493 e. The number of aromatic nitrogens is 2. The first kappa shape index (κ1) is 84.3. The highest BCUT2D eigenvalue weighted by molar-refractivity contribution is 7.22. The van der Waals surface area contributed by atoms with Crippen molar-refractivity contribution in [3.63, 3.8) is 0 Å². The van der Waals surface area contributed by atoms with Crippen molar-refractivity contribution in [2.45, 2.75) is 168 Å². The van der Waals surface area contributed by atoms with Crippen molar-refractivity contribution in [2.24, 2.45) is 33.9 Å². The molecule has 116 heavy (non-hydrogen) atoms. The van der Waals surface area contributed by atoms with E-state index in [1.165, 1.54) is 12.2 Å². The number of hydrazone groups is 2. The van der Waals surface area contributed by atoms with Gasteiger partial charge >= 0.3 is 35.8 Å². The predicted molar refractivity (Wildman–Crippen MR) is 461 cm³/mol. The minimum atomic E-state index is -0.494. The van der Waals surface area contributed by atoms with Crippen LogP contribution in [0.4, 0.5) is 10.3 Å². The molecule has 0 radical (unpaired) electrons. The third-order valence-electron chi connectivity index (χ3n) is 21.2. The van der Waals surface area contributed by atoms with Crippen LogP contribution in [0.3, 0.4) is 0 Å². The molecule has 20 nitrogen and oxygen atoms in total. The van der Waals surface area contributed by atoms with Crippen molar-refractivity contribution >= 4 is 123 Å². The van der Waals surface area contributed by atoms with Gasteiger partial charge in [-0.05, 0) is 199 Å². The molecular formula is C94H104N6O14S2. The van der Waals surface area contributed by atoms with Crippen LogP contribution in [-0.2, 0) is 38.2 Å². The number of benzene rings is 8. The normalized spacial score (nSPS) is 15.5. The highest BCUT2D eigenvalue weighted by atomic mass is 32.1. The summed E-state index contributed by atoms with van der Waals surface area (Å²) in [6.45, 7) is 14.2. The molecule has 12 rings (SSSR count). The second-order valence-corrected chi connectivity index (χ2v) is 31.6. The zero-order chi connectivity index (χ0) is 80.8. The number of carbonyl (C=O) groups is 6. The smallest absolute Gasteiger partial charge is 0.330 e. The van der Waals surface area contributed by atoms with Gasteiger partial charge in [-0.1, -0.05) is 173 Å². The number of anilines is 2. The number of para-hydroxylation sites is 2. The van der Waals surface area contributed by atoms with Gasteiger partial charge in [-0.3, -0.25) is 19.2 Å². The molecule has 0 amide bonds. The molecule has 2 fully saturated rings. The Morgan fingerprint density at radius 1 is 0.388 bits per heavy atom. The third-order valence-corrected chi connectivity index (χ3v) is 23.3. The lowest BCUT2D eigenvalue weighted by molar-refractivity contribution is -0.145. The summed E-state index contributed by atoms with van der Waals surface area (Å²) in [5.41, 5.74) is 4.33. The van der Waals surface area contributed by atoms with Gasteiger partial charge in [0, 0.05) is 57.9 Å². The number of carbonyl (C=O) groups excluding carboxylic acids is 6. The molecule has 2 aliphatic carbocycles. The van der Waals surface area contributed by atoms with E-state index in [0.717, 1.165) is 166 Å². The van der Waals surface area contributed by atoms with E-state index in [1.807, 2.05) is 131 Å². The third kappa shape index (κ3) is 23.6. The number of fused-ring (bicyclic) bond motifs is 4. The van der Waals surface area contributed by atoms with Gasteiger partial charge in [0.15, 0.2) is 0 Å². The summed E-state index contributed by atoms with van der Waals surface area (Å²) in [7, 11) is 0. The number of esters is 6. The largest absolute Gasteiger partial charge is 0.493 e. The van der Waals surface area contributed by atoms with E-state index in [-0.39, 0.29) is 11.9 Å². The molecule has 606 valence electrons. The number of thiazole rings is 2. The van der Waals surface area contributed by atoms with Crippen LogP contribution in [0.15, 0.2) is 193 Å². The molecule has 0 aliphatic heterocycles. The second kappa shape index (κ2) is 43.6. The van der Waals surface area contributed by atoms with Crippen LogP contribution in [0.5, 0.6) is 34.5 Å². The van der Waals surface area contributed by atoms with Crippen LogP contribution >= 0.6 is 22.7 Å². The molecular weight excluding hydrogens is 1500 g/mol. The van der Waals surface area contributed by atoms with E-state index in [2.05, 4.69) is 39.1 Å². The Kier molecular flexibility index (Phi) is 31.7. The molecule has 2 heterocycles. The lowest BCUT2D eigenvalue weighted by Gasteiger charge is -2.26. The van der Waals surface area contributed by atoms with Crippen molar-refractivity contribution in [2.75, 3.05) is 49.5 Å². The quantitative estimate of drug-likeness (QED) is 0.00863. The summed E-state index contributed by atoms with van der Waals surface area (Å²) in [5, 5.41) is 18.8. The molecule has 0 saturated heterocycles. The standard InChI is InChI=1S/C94H104N6O14S2/c1-5-9-11-25-55-99(93-97-77-35-21-23-37-85(77)115-93)95-63-71-61-69(47-49-79(71)111-89(103)65-39-43-67(44-40-65)91(105)113-83-53-51-81(73-31-17-19-33-75(73)83)107-57-27-13-15-29-59-109-87(101)7-3)70-48-50-80(72(62-70)64-96-100(56-26-12-10-6-2)94-98-78-36-22-24-38-86(78)116-94)112-90(104)66-41-45-68(46-42-66)92(106)114-84-54-52-82(74-32-18-20-34-76(74)84)108-58-28-14-16-30-60-110-88(102)8-4/h7-8,17-24,31-38,47-54,61-68H,3-6,9-16,25-30,39-46,55-60H2,1-2H3/b95-63+,96-64+. The molecule has 2 saturated carbocycles. The highest BCUT2D eigenvalue weighted by Crippen LogP contribution is 2.41. The molecule has 2 aliphatic rings. The van der Waals surface area contributed by atoms with Gasteiger partial charge in [-0.25, -0.2) is 29.6 Å². The lowest BCUT2D eigenvalue weighted by Crippen LogP contribution is -2.30. The van der Waals surface area contributed by atoms with Gasteiger partial charge in [0.25, 0.3) is 0 Å². The van der Waals surface area contributed by atoms with Crippen LogP contribution in [0.25, 0.3) is 53.1 Å². The van der Waals surface area contributed by atoms with E-state index in [4.69, 9.17) is 58.1 Å². The maximum atomic E-state index is 14.6. The molecule has 0 bridgehead atoms. The SMILES string of the molecule is C=CC(=O)OCCCCCCOc1ccc(OC(=O)C2CCC(C(=O)Oc3ccc(-c4ccc(OC(=O)C5CCC(C(=O)Oc6ccc(OCCCCCCOC(=O)C=C)c7ccccc67)CC5)c(/C=N/N(CCCCCC)c5nc6ccccc6s5)c4)cc3/C=N/N(CCCCCC)c3nc4ccccc4s3)CC2)c2ccccc12. The Morgan fingerprint density at radius 2 is 0.707 bits per heavy atom. The second-order valence-electron chi connectivity index (χ2n) is 29.6. The maximum absolute atomic E-state index is 14.6. The van der Waals surface area contributed by atoms with Crippen molar-refractivity contribution in [1.29, 1.82) is 0 Å². The van der Waals surface area contributed by atoms with Gasteiger partial charge in [0.2, 0.25) is 10.3 Å². The number of ether oxygens (including phenoxy) is 8. The lowest BCUT2D eigenvalue weighted by atomic mass is 9.82. The molecule has 10 aromatic rings. The number of hydrogen-bond acceptors (Lipinski definition) is 22. The predicted octanol–water partition coefficient (Wildman–Crippen LogP) is 21.7. The van der Waals surface area contributed by atoms with Crippen LogP contribution in [0.1, 0.15) is 179 Å². The maximum Gasteiger partial charge on any atom is 0.330 e. The Hall–Kier alpha value is -11.1. The topological polar surface area (TPSA) is 233 Å². The van der Waals surface area contributed by atoms with E-state index in [0.29, 0.717) is 137 Å². The van der Waals surface area contributed by atoms with Crippen molar-refractivity contribution < 1.29 is 66.7 Å². The Labute approximate surface area is 686 Å². The van der Waals surface area contributed by atoms with E-state index in [1.54, 1.807) is 59.4 Å². The molecule has 22 heteroatoms. The van der Waals surface area contributed by atoms with E-state index in [9.17, 15) is 28.8 Å². The summed E-state index contributed by atoms with van der Waals surface area (Å²) in [6, 6.07) is 50.0. The molecule has 0 unspecified atom stereocenters. The van der Waals surface area contributed by atoms with E-state index < -0.39 is 47.5 Å². The monoisotopic (exact) mass is 1600 g/mol. The summed E-state index contributed by atoms with van der Waals surface area (Å²) >= 11 is 3.13. The minimum absolute atomic E-state index is 0.308. The fourth-order valence-electron chi connectivity index (χ4n) is 14.6. The van der Waals surface area contributed by atoms with Gasteiger partial charge in [-0.2, -0.15) is 10.2 Å². The average molecular weight is 1610 g/mol. The summed E-state index contributed by atoms with van der Waals surface area (Å²) in [5.74, 6) is -1.34. The molecule has 8 aromatic carbocycles. The Balaban J connectivity index is 0.763. The Morgan fingerprint density at radius 3 is 1.07 bits per heavy atom. The molecule has 2 aromatic heterocycles. The van der Waals surface area contributed by atoms with Crippen molar-refractivity contribution in [3.8, 4) is 45.6 Å². The van der Waals surface area contributed by atoms with Crippen LogP contribution in [0, 0.1) is 23.7 Å². The van der Waals surface area contributed by atoms with Crippen LogP contribution < -0.4 is 38.4 Å². The van der Waals surface area contributed by atoms with Gasteiger partial charge in [-0.15, -0.1) is 0 Å². The fourth-order valence-corrected chi connectivity index (χ4v) is 16.5. The van der Waals surface area contributed by atoms with Crippen LogP contribution in [0.2, 0.25) is 0 Å². The number of hydrogen-bond donors (Lipinski definition) is 0. The van der Waals surface area contributed by atoms with Gasteiger partial charge in [0.1, 0.15) is 34.5 Å². The average Bonchev–Trinajstić information content (AvgIpc) is 1.50. The first-order valence-electron chi connectivity index (χ1n) is 41.2. The Bertz CT molecular complexity index is 4700. The first-order valence-corrected chi connectivity index (χ1v) is 42.8. The van der Waals surface area contributed by atoms with Crippen LogP contribution in [-0.4, -0.2) is 97.7 Å². The van der Waals surface area contributed by atoms with Crippen molar-refractivity contribution in [3.05, 3.63) is 194 Å². The van der Waals surface area contributed by atoms with E-state index >= 15 is 0 Å². The number of nitrogens with zero attached hydrogens (tertiary/aromatic N) is 6. The zero-order valence-corrected chi connectivity index (χ0v) is 68.1. The zero-order valence-electron chi connectivity index (χ0n) is 66.5. The molecule has 0 N–H and O–H groups in total. The summed E-state index contributed by atoms with van der Waals surface area (Å²) in [4.78, 5) is 90.2. The summed E-state index contributed by atoms with van der Waals surface area (Å²) in [6.07, 6.45) is 24.0. The van der Waals surface area contributed by atoms with Gasteiger partial charge < -0.3 is 37.9 Å². The fraction of sp³-hybridized carbons (Fsp3) is 0.383.